The monoisotopic (exact) mass is 227 g/mol. The van der Waals surface area contributed by atoms with E-state index in [1.807, 2.05) is 47.4 Å². The van der Waals surface area contributed by atoms with Crippen molar-refractivity contribution in [2.24, 2.45) is 11.7 Å². The first-order valence-electron chi connectivity index (χ1n) is 6.18. The molecule has 88 valence electrons. The lowest BCUT2D eigenvalue weighted by Gasteiger charge is -2.07. The number of hydrogen-bond acceptors (Lipinski definition) is 2. The number of aromatic nitrogens is 2. The molecule has 0 spiro atoms. The highest BCUT2D eigenvalue weighted by atomic mass is 15.3. The average Bonchev–Trinajstić information content (AvgIpc) is 3.04. The van der Waals surface area contributed by atoms with E-state index in [-0.39, 0.29) is 6.04 Å². The van der Waals surface area contributed by atoms with E-state index in [9.17, 15) is 0 Å². The Balaban J connectivity index is 1.77. The zero-order valence-electron chi connectivity index (χ0n) is 9.79. The van der Waals surface area contributed by atoms with Crippen LogP contribution in [0.5, 0.6) is 0 Å². The molecule has 17 heavy (non-hydrogen) atoms. The van der Waals surface area contributed by atoms with Crippen molar-refractivity contribution in [3.8, 4) is 5.69 Å². The normalized spacial score (nSPS) is 17.0. The van der Waals surface area contributed by atoms with E-state index < -0.39 is 0 Å². The minimum absolute atomic E-state index is 0.139. The molecule has 0 saturated heterocycles. The number of hydrogen-bond donors (Lipinski definition) is 1. The highest BCUT2D eigenvalue weighted by Gasteiger charge is 2.24. The van der Waals surface area contributed by atoms with Gasteiger partial charge in [-0.15, -0.1) is 0 Å². The predicted molar refractivity (Wildman–Crippen MR) is 67.8 cm³/mol. The van der Waals surface area contributed by atoms with Gasteiger partial charge in [-0.25, -0.2) is 4.68 Å². The van der Waals surface area contributed by atoms with Gasteiger partial charge in [0.05, 0.1) is 11.9 Å². The van der Waals surface area contributed by atoms with E-state index in [2.05, 4.69) is 5.10 Å². The average molecular weight is 227 g/mol. The summed E-state index contributed by atoms with van der Waals surface area (Å²) in [5.41, 5.74) is 8.39. The quantitative estimate of drug-likeness (QED) is 0.872. The van der Waals surface area contributed by atoms with Gasteiger partial charge < -0.3 is 5.73 Å². The Labute approximate surface area is 101 Å². The summed E-state index contributed by atoms with van der Waals surface area (Å²) < 4.78 is 1.89. The second-order valence-electron chi connectivity index (χ2n) is 4.84. The fourth-order valence-electron chi connectivity index (χ4n) is 2.10. The Kier molecular flexibility index (Phi) is 2.69. The highest BCUT2D eigenvalue weighted by Crippen LogP contribution is 2.36. The summed E-state index contributed by atoms with van der Waals surface area (Å²) in [6, 6.07) is 10.3. The van der Waals surface area contributed by atoms with Gasteiger partial charge in [-0.2, -0.15) is 5.10 Å². The lowest BCUT2D eigenvalue weighted by Crippen LogP contribution is -2.10. The Morgan fingerprint density at radius 1 is 1.29 bits per heavy atom. The first-order valence-corrected chi connectivity index (χ1v) is 6.18. The number of para-hydroxylation sites is 1. The molecule has 3 rings (SSSR count). The van der Waals surface area contributed by atoms with E-state index in [4.69, 9.17) is 5.73 Å². The topological polar surface area (TPSA) is 43.8 Å². The molecule has 0 aliphatic heterocycles. The van der Waals surface area contributed by atoms with Crippen LogP contribution in [-0.2, 0) is 0 Å². The van der Waals surface area contributed by atoms with Gasteiger partial charge in [0.25, 0.3) is 0 Å². The van der Waals surface area contributed by atoms with Gasteiger partial charge in [-0.1, -0.05) is 31.0 Å². The maximum atomic E-state index is 6.17. The summed E-state index contributed by atoms with van der Waals surface area (Å²) in [5, 5.41) is 4.37. The summed E-state index contributed by atoms with van der Waals surface area (Å²) in [6.07, 6.45) is 7.73. The first-order chi connectivity index (χ1) is 8.33. The molecular weight excluding hydrogens is 210 g/mol. The van der Waals surface area contributed by atoms with E-state index >= 15 is 0 Å². The smallest absolute Gasteiger partial charge is 0.0645 e. The van der Waals surface area contributed by atoms with E-state index in [0.717, 1.165) is 23.6 Å². The van der Waals surface area contributed by atoms with Crippen LogP contribution in [0.15, 0.2) is 42.7 Å². The van der Waals surface area contributed by atoms with Gasteiger partial charge in [0.2, 0.25) is 0 Å². The second-order valence-corrected chi connectivity index (χ2v) is 4.84. The number of nitrogens with two attached hydrogens (primary N) is 1. The van der Waals surface area contributed by atoms with E-state index in [0.29, 0.717) is 0 Å². The van der Waals surface area contributed by atoms with Crippen molar-refractivity contribution in [2.45, 2.75) is 25.3 Å². The summed E-state index contributed by atoms with van der Waals surface area (Å²) in [7, 11) is 0. The molecule has 1 fully saturated rings. The number of rotatable bonds is 4. The van der Waals surface area contributed by atoms with Crippen molar-refractivity contribution in [1.29, 1.82) is 0 Å². The lowest BCUT2D eigenvalue weighted by atomic mass is 10.1. The van der Waals surface area contributed by atoms with Gasteiger partial charge in [0.15, 0.2) is 0 Å². The van der Waals surface area contributed by atoms with E-state index in [1.54, 1.807) is 0 Å². The maximum Gasteiger partial charge on any atom is 0.0645 e. The fraction of sp³-hybridized carbons (Fsp3) is 0.357. The van der Waals surface area contributed by atoms with Crippen molar-refractivity contribution in [3.05, 3.63) is 48.3 Å². The summed E-state index contributed by atoms with van der Waals surface area (Å²) in [4.78, 5) is 0. The van der Waals surface area contributed by atoms with Gasteiger partial charge in [-0.05, 0) is 24.5 Å². The fourth-order valence-corrected chi connectivity index (χ4v) is 2.10. The molecule has 3 heteroatoms. The van der Waals surface area contributed by atoms with Crippen molar-refractivity contribution in [1.82, 2.24) is 9.78 Å². The summed E-state index contributed by atoms with van der Waals surface area (Å²) >= 11 is 0. The predicted octanol–water partition coefficient (Wildman–Crippen LogP) is 2.67. The third-order valence-corrected chi connectivity index (χ3v) is 3.34. The standard InChI is InChI=1S/C14H17N3/c15-14(8-11-6-7-11)12-9-16-17(10-12)13-4-2-1-3-5-13/h1-5,9-11,14H,6-8,15H2. The molecule has 1 aliphatic carbocycles. The van der Waals surface area contributed by atoms with Gasteiger partial charge in [0.1, 0.15) is 0 Å². The molecule has 2 N–H and O–H groups in total. The van der Waals surface area contributed by atoms with Crippen LogP contribution in [0, 0.1) is 5.92 Å². The molecule has 1 aromatic carbocycles. The van der Waals surface area contributed by atoms with Crippen LogP contribution in [0.3, 0.4) is 0 Å². The van der Waals surface area contributed by atoms with Crippen LogP contribution in [0.1, 0.15) is 30.9 Å². The maximum absolute atomic E-state index is 6.17. The third-order valence-electron chi connectivity index (χ3n) is 3.34. The molecule has 0 radical (unpaired) electrons. The van der Waals surface area contributed by atoms with Crippen molar-refractivity contribution >= 4 is 0 Å². The molecule has 2 aromatic rings. The van der Waals surface area contributed by atoms with Gasteiger partial charge in [0, 0.05) is 17.8 Å². The Morgan fingerprint density at radius 2 is 2.06 bits per heavy atom. The van der Waals surface area contributed by atoms with Crippen LogP contribution >= 0.6 is 0 Å². The van der Waals surface area contributed by atoms with Gasteiger partial charge in [-0.3, -0.25) is 0 Å². The van der Waals surface area contributed by atoms with Crippen LogP contribution in [0.2, 0.25) is 0 Å². The highest BCUT2D eigenvalue weighted by molar-refractivity contribution is 5.31. The van der Waals surface area contributed by atoms with Gasteiger partial charge >= 0.3 is 0 Å². The number of benzene rings is 1. The van der Waals surface area contributed by atoms with Crippen molar-refractivity contribution < 1.29 is 0 Å². The molecule has 0 bridgehead atoms. The Morgan fingerprint density at radius 3 is 2.76 bits per heavy atom. The van der Waals surface area contributed by atoms with E-state index in [1.165, 1.54) is 12.8 Å². The van der Waals surface area contributed by atoms with Crippen LogP contribution in [0.4, 0.5) is 0 Å². The molecule has 3 nitrogen and oxygen atoms in total. The molecular formula is C14H17N3. The minimum atomic E-state index is 0.139. The summed E-state index contributed by atoms with van der Waals surface area (Å²) in [5.74, 6) is 0.852. The SMILES string of the molecule is NC(CC1CC1)c1cnn(-c2ccccc2)c1. The first kappa shape index (κ1) is 10.5. The van der Waals surface area contributed by atoms with Crippen LogP contribution < -0.4 is 5.73 Å². The molecule has 0 amide bonds. The molecule has 1 atom stereocenters. The molecule has 1 unspecified atom stereocenters. The zero-order valence-corrected chi connectivity index (χ0v) is 9.79. The van der Waals surface area contributed by atoms with Crippen molar-refractivity contribution in [2.75, 3.05) is 0 Å². The third kappa shape index (κ3) is 2.39. The molecule has 1 saturated carbocycles. The molecule has 1 aromatic heterocycles. The zero-order chi connectivity index (χ0) is 11.7. The molecule has 1 aliphatic rings. The van der Waals surface area contributed by atoms with Crippen LogP contribution in [0.25, 0.3) is 5.69 Å². The second kappa shape index (κ2) is 4.34. The largest absolute Gasteiger partial charge is 0.324 e. The Bertz CT molecular complexity index is 485. The molecule has 1 heterocycles. The number of nitrogens with zero attached hydrogens (tertiary/aromatic N) is 2. The minimum Gasteiger partial charge on any atom is -0.324 e. The Hall–Kier alpha value is -1.61. The summed E-state index contributed by atoms with van der Waals surface area (Å²) in [6.45, 7) is 0. The van der Waals surface area contributed by atoms with Crippen LogP contribution in [-0.4, -0.2) is 9.78 Å². The lowest BCUT2D eigenvalue weighted by molar-refractivity contribution is 0.597. The van der Waals surface area contributed by atoms with Crippen molar-refractivity contribution in [3.63, 3.8) is 0 Å².